The predicted octanol–water partition coefficient (Wildman–Crippen LogP) is 2.86. The molecule has 3 atom stereocenters. The Morgan fingerprint density at radius 2 is 1.91 bits per heavy atom. The average molecular weight is 441 g/mol. The van der Waals surface area contributed by atoms with Gasteiger partial charge in [-0.25, -0.2) is 5.43 Å². The zero-order valence-electron chi connectivity index (χ0n) is 19.6. The number of ether oxygens (including phenoxy) is 1. The van der Waals surface area contributed by atoms with Crippen LogP contribution in [0.2, 0.25) is 0 Å². The number of likely N-dealkylation sites (tertiary alicyclic amines) is 1. The van der Waals surface area contributed by atoms with Crippen molar-refractivity contribution in [3.05, 3.63) is 35.4 Å². The van der Waals surface area contributed by atoms with E-state index in [9.17, 15) is 4.79 Å². The van der Waals surface area contributed by atoms with E-state index in [1.807, 2.05) is 0 Å². The van der Waals surface area contributed by atoms with E-state index in [2.05, 4.69) is 51.8 Å². The summed E-state index contributed by atoms with van der Waals surface area (Å²) in [6.07, 6.45) is 8.30. The number of nitrogens with one attached hydrogen (secondary N) is 2. The van der Waals surface area contributed by atoms with E-state index in [-0.39, 0.29) is 18.1 Å². The van der Waals surface area contributed by atoms with Gasteiger partial charge in [-0.1, -0.05) is 24.3 Å². The van der Waals surface area contributed by atoms with Crippen molar-refractivity contribution < 1.29 is 9.53 Å². The number of carbonyl (C=O) groups is 1. The molecule has 3 unspecified atom stereocenters. The molecule has 3 heterocycles. The Kier molecular flexibility index (Phi) is 7.12. The van der Waals surface area contributed by atoms with Gasteiger partial charge in [-0.15, -0.1) is 0 Å². The number of benzene rings is 1. The Labute approximate surface area is 193 Å². The molecule has 2 N–H and O–H groups in total. The van der Waals surface area contributed by atoms with Crippen LogP contribution in [0, 0.1) is 18.8 Å². The van der Waals surface area contributed by atoms with E-state index in [1.165, 1.54) is 36.8 Å². The maximum absolute atomic E-state index is 13.5. The van der Waals surface area contributed by atoms with Crippen LogP contribution in [0.25, 0.3) is 0 Å². The third-order valence-electron chi connectivity index (χ3n) is 8.02. The fourth-order valence-corrected chi connectivity index (χ4v) is 5.73. The highest BCUT2D eigenvalue weighted by Crippen LogP contribution is 2.36. The molecule has 3 saturated heterocycles. The van der Waals surface area contributed by atoms with Crippen LogP contribution in [0.4, 0.5) is 0 Å². The molecule has 1 aromatic carbocycles. The van der Waals surface area contributed by atoms with Crippen LogP contribution in [-0.2, 0) is 16.1 Å². The van der Waals surface area contributed by atoms with Crippen molar-refractivity contribution >= 4 is 5.91 Å². The number of aryl methyl sites for hydroxylation is 1. The predicted molar refractivity (Wildman–Crippen MR) is 126 cm³/mol. The summed E-state index contributed by atoms with van der Waals surface area (Å²) in [5.41, 5.74) is 9.54. The molecule has 6 heteroatoms. The van der Waals surface area contributed by atoms with Crippen molar-refractivity contribution in [2.24, 2.45) is 11.8 Å². The van der Waals surface area contributed by atoms with E-state index >= 15 is 0 Å². The van der Waals surface area contributed by atoms with Crippen molar-refractivity contribution in [2.75, 3.05) is 32.8 Å². The molecule has 1 aromatic rings. The standard InChI is InChI=1S/C26H40N4O2/c1-19-5-2-3-6-22(19)17-29-12-10-20(11-13-29)16-30(18-23-7-4-14-32-23)26(31)25-15-24(27-28-25)21-8-9-21/h2-3,5-6,20-21,23-25,27-28H,4,7-18H2,1H3. The third kappa shape index (κ3) is 5.53. The maximum Gasteiger partial charge on any atom is 0.241 e. The average Bonchev–Trinajstić information content (AvgIpc) is 3.31. The first-order valence-corrected chi connectivity index (χ1v) is 12.8. The van der Waals surface area contributed by atoms with Crippen molar-refractivity contribution in [2.45, 2.75) is 76.6 Å². The molecule has 32 heavy (non-hydrogen) atoms. The van der Waals surface area contributed by atoms with E-state index < -0.39 is 0 Å². The molecule has 0 bridgehead atoms. The Hall–Kier alpha value is -1.47. The fourth-order valence-electron chi connectivity index (χ4n) is 5.73. The summed E-state index contributed by atoms with van der Waals surface area (Å²) in [4.78, 5) is 18.2. The van der Waals surface area contributed by atoms with Gasteiger partial charge in [-0.3, -0.25) is 15.1 Å². The summed E-state index contributed by atoms with van der Waals surface area (Å²) in [5.74, 6) is 1.63. The van der Waals surface area contributed by atoms with Crippen LogP contribution in [0.15, 0.2) is 24.3 Å². The lowest BCUT2D eigenvalue weighted by molar-refractivity contribution is -0.135. The van der Waals surface area contributed by atoms with Crippen molar-refractivity contribution in [3.8, 4) is 0 Å². The lowest BCUT2D eigenvalue weighted by atomic mass is 9.94. The number of piperidine rings is 1. The number of hydrogen-bond donors (Lipinski definition) is 2. The zero-order valence-corrected chi connectivity index (χ0v) is 19.6. The molecule has 0 radical (unpaired) electrons. The van der Waals surface area contributed by atoms with E-state index in [0.717, 1.165) is 64.5 Å². The second-order valence-electron chi connectivity index (χ2n) is 10.5. The fraction of sp³-hybridized carbons (Fsp3) is 0.731. The van der Waals surface area contributed by atoms with E-state index in [0.29, 0.717) is 12.0 Å². The molecule has 4 fully saturated rings. The van der Waals surface area contributed by atoms with Crippen LogP contribution >= 0.6 is 0 Å². The highest BCUT2D eigenvalue weighted by Gasteiger charge is 2.40. The monoisotopic (exact) mass is 440 g/mol. The molecule has 4 aliphatic rings. The van der Waals surface area contributed by atoms with Crippen LogP contribution in [0.3, 0.4) is 0 Å². The summed E-state index contributed by atoms with van der Waals surface area (Å²) in [5, 5.41) is 0. The summed E-state index contributed by atoms with van der Waals surface area (Å²) in [7, 11) is 0. The third-order valence-corrected chi connectivity index (χ3v) is 8.02. The molecule has 0 spiro atoms. The second kappa shape index (κ2) is 10.2. The second-order valence-corrected chi connectivity index (χ2v) is 10.5. The van der Waals surface area contributed by atoms with Gasteiger partial charge in [0, 0.05) is 32.3 Å². The normalized spacial score (nSPS) is 29.5. The molecule has 1 amide bonds. The number of amides is 1. The Morgan fingerprint density at radius 1 is 1.09 bits per heavy atom. The van der Waals surface area contributed by atoms with Gasteiger partial charge in [0.25, 0.3) is 0 Å². The number of hydrogen-bond acceptors (Lipinski definition) is 5. The Morgan fingerprint density at radius 3 is 2.62 bits per heavy atom. The van der Waals surface area contributed by atoms with Gasteiger partial charge in [-0.2, -0.15) is 0 Å². The van der Waals surface area contributed by atoms with E-state index in [4.69, 9.17) is 4.74 Å². The lowest BCUT2D eigenvalue weighted by Gasteiger charge is -2.36. The van der Waals surface area contributed by atoms with Crippen LogP contribution in [-0.4, -0.2) is 66.7 Å². The molecule has 176 valence electrons. The molecule has 0 aromatic heterocycles. The minimum absolute atomic E-state index is 0.0804. The maximum atomic E-state index is 13.5. The summed E-state index contributed by atoms with van der Waals surface area (Å²) in [6.45, 7) is 7.96. The SMILES string of the molecule is Cc1ccccc1CN1CCC(CN(CC2CCCO2)C(=O)C2CC(C3CC3)NN2)CC1. The van der Waals surface area contributed by atoms with Crippen molar-refractivity contribution in [3.63, 3.8) is 0 Å². The molecular formula is C26H40N4O2. The topological polar surface area (TPSA) is 56.8 Å². The van der Waals surface area contributed by atoms with Crippen LogP contribution in [0.5, 0.6) is 0 Å². The van der Waals surface area contributed by atoms with Gasteiger partial charge < -0.3 is 9.64 Å². The Bertz CT molecular complexity index is 769. The quantitative estimate of drug-likeness (QED) is 0.651. The summed E-state index contributed by atoms with van der Waals surface area (Å²) in [6, 6.07) is 9.11. The lowest BCUT2D eigenvalue weighted by Crippen LogP contribution is -2.50. The number of hydrazine groups is 1. The van der Waals surface area contributed by atoms with Crippen molar-refractivity contribution in [1.29, 1.82) is 0 Å². The van der Waals surface area contributed by atoms with Gasteiger partial charge in [0.2, 0.25) is 5.91 Å². The molecule has 3 aliphatic heterocycles. The van der Waals surface area contributed by atoms with Gasteiger partial charge in [0.15, 0.2) is 0 Å². The number of nitrogens with zero attached hydrogens (tertiary/aromatic N) is 2. The molecule has 1 aliphatic carbocycles. The summed E-state index contributed by atoms with van der Waals surface area (Å²) < 4.78 is 5.91. The molecule has 5 rings (SSSR count). The zero-order chi connectivity index (χ0) is 21.9. The van der Waals surface area contributed by atoms with Gasteiger partial charge in [0.05, 0.1) is 6.10 Å². The van der Waals surface area contributed by atoms with Crippen LogP contribution in [0.1, 0.15) is 56.1 Å². The van der Waals surface area contributed by atoms with Gasteiger partial charge in [0.1, 0.15) is 6.04 Å². The van der Waals surface area contributed by atoms with E-state index in [1.54, 1.807) is 0 Å². The number of carbonyl (C=O) groups excluding carboxylic acids is 1. The Balaban J connectivity index is 1.15. The van der Waals surface area contributed by atoms with Gasteiger partial charge >= 0.3 is 0 Å². The van der Waals surface area contributed by atoms with Gasteiger partial charge in [-0.05, 0) is 87.9 Å². The highest BCUT2D eigenvalue weighted by atomic mass is 16.5. The first kappa shape index (κ1) is 22.3. The smallest absolute Gasteiger partial charge is 0.241 e. The molecule has 1 saturated carbocycles. The van der Waals surface area contributed by atoms with Crippen LogP contribution < -0.4 is 10.9 Å². The first-order valence-electron chi connectivity index (χ1n) is 12.8. The molecular weight excluding hydrogens is 400 g/mol. The molecule has 6 nitrogen and oxygen atoms in total. The minimum atomic E-state index is -0.0804. The highest BCUT2D eigenvalue weighted by molar-refractivity contribution is 5.82. The summed E-state index contributed by atoms with van der Waals surface area (Å²) >= 11 is 0. The number of rotatable bonds is 8. The largest absolute Gasteiger partial charge is 0.376 e. The minimum Gasteiger partial charge on any atom is -0.376 e. The first-order chi connectivity index (χ1) is 15.7. The van der Waals surface area contributed by atoms with Crippen molar-refractivity contribution in [1.82, 2.24) is 20.7 Å².